The smallest absolute Gasteiger partial charge is 0.343 e. The van der Waals surface area contributed by atoms with Gasteiger partial charge in [0.05, 0.1) is 17.2 Å². The first kappa shape index (κ1) is 16.5. The summed E-state index contributed by atoms with van der Waals surface area (Å²) < 4.78 is 4.87. The van der Waals surface area contributed by atoms with Crippen LogP contribution in [0.2, 0.25) is 10.2 Å². The molecule has 108 valence electrons. The van der Waals surface area contributed by atoms with Gasteiger partial charge in [0, 0.05) is 26.5 Å². The van der Waals surface area contributed by atoms with Crippen LogP contribution in [0.1, 0.15) is 17.3 Å². The third-order valence-electron chi connectivity index (χ3n) is 2.18. The van der Waals surface area contributed by atoms with Gasteiger partial charge in [-0.3, -0.25) is 4.79 Å². The summed E-state index contributed by atoms with van der Waals surface area (Å²) in [6.07, 6.45) is 2.69. The monoisotopic (exact) mass is 316 g/mol. The van der Waals surface area contributed by atoms with Crippen molar-refractivity contribution in [1.29, 1.82) is 0 Å². The van der Waals surface area contributed by atoms with Crippen LogP contribution < -0.4 is 0 Å². The highest BCUT2D eigenvalue weighted by atomic mass is 35.5. The zero-order chi connectivity index (χ0) is 15.3. The summed E-state index contributed by atoms with van der Waals surface area (Å²) in [6.45, 7) is 1.82. The lowest BCUT2D eigenvalue weighted by Crippen LogP contribution is -2.20. The fourth-order valence-corrected chi connectivity index (χ4v) is 1.75. The van der Waals surface area contributed by atoms with Gasteiger partial charge in [0.1, 0.15) is 10.7 Å². The highest BCUT2D eigenvalue weighted by molar-refractivity contribution is 6.37. The van der Waals surface area contributed by atoms with E-state index in [1.54, 1.807) is 25.9 Å². The van der Waals surface area contributed by atoms with E-state index in [-0.39, 0.29) is 27.9 Å². The number of Topliss-reactive ketones (excluding diaryl/α,β-unsaturated/α-hetero) is 1. The van der Waals surface area contributed by atoms with E-state index in [0.29, 0.717) is 0 Å². The summed E-state index contributed by atoms with van der Waals surface area (Å²) >= 11 is 11.7. The molecule has 0 amide bonds. The summed E-state index contributed by atoms with van der Waals surface area (Å²) in [5.74, 6) is -1.31. The topological polar surface area (TPSA) is 59.5 Å². The number of halogens is 2. The number of rotatable bonds is 5. The van der Waals surface area contributed by atoms with Crippen LogP contribution >= 0.6 is 23.2 Å². The van der Waals surface area contributed by atoms with Gasteiger partial charge >= 0.3 is 5.97 Å². The van der Waals surface area contributed by atoms with Crippen LogP contribution in [0.15, 0.2) is 24.0 Å². The predicted octanol–water partition coefficient (Wildman–Crippen LogP) is 2.58. The molecule has 0 saturated carbocycles. The van der Waals surface area contributed by atoms with Crippen molar-refractivity contribution in [3.63, 3.8) is 0 Å². The maximum absolute atomic E-state index is 12.4. The van der Waals surface area contributed by atoms with Crippen LogP contribution in [0.3, 0.4) is 0 Å². The Labute approximate surface area is 127 Å². The number of hydrogen-bond donors (Lipinski definition) is 0. The summed E-state index contributed by atoms with van der Waals surface area (Å²) in [7, 11) is 3.37. The molecule has 0 aliphatic carbocycles. The number of carbonyl (C=O) groups excluding carboxylic acids is 2. The second-order valence-electron chi connectivity index (χ2n) is 4.05. The van der Waals surface area contributed by atoms with Gasteiger partial charge in [-0.2, -0.15) is 0 Å². The number of aromatic nitrogens is 1. The quantitative estimate of drug-likeness (QED) is 0.209. The normalized spacial score (nSPS) is 11.2. The predicted molar refractivity (Wildman–Crippen MR) is 77.0 cm³/mol. The average molecular weight is 317 g/mol. The number of nitrogens with zero attached hydrogens (tertiary/aromatic N) is 2. The molecule has 0 N–H and O–H groups in total. The fourth-order valence-electron chi connectivity index (χ4n) is 1.40. The third kappa shape index (κ3) is 4.21. The standard InChI is InChI=1S/C13H14Cl2N2O3/c1-4-20-13(19)10(7-17(2)3)11(18)9-5-8(14)6-16-12(9)15/h5-7H,4H2,1-3H3/b10-7-. The lowest BCUT2D eigenvalue weighted by molar-refractivity contribution is -0.138. The van der Waals surface area contributed by atoms with Gasteiger partial charge < -0.3 is 9.64 Å². The molecule has 0 aliphatic heterocycles. The van der Waals surface area contributed by atoms with E-state index in [1.165, 1.54) is 18.5 Å². The maximum atomic E-state index is 12.4. The average Bonchev–Trinajstić information content (AvgIpc) is 2.38. The molecule has 0 unspecified atom stereocenters. The minimum absolute atomic E-state index is 0.0200. The van der Waals surface area contributed by atoms with E-state index in [1.807, 2.05) is 0 Å². The molecule has 5 nitrogen and oxygen atoms in total. The number of esters is 1. The van der Waals surface area contributed by atoms with Gasteiger partial charge in [-0.1, -0.05) is 23.2 Å². The van der Waals surface area contributed by atoms with Crippen molar-refractivity contribution < 1.29 is 14.3 Å². The Hall–Kier alpha value is -1.59. The van der Waals surface area contributed by atoms with Crippen molar-refractivity contribution in [2.24, 2.45) is 0 Å². The Balaban J connectivity index is 3.24. The number of carbonyl (C=O) groups is 2. The molecule has 0 bridgehead atoms. The van der Waals surface area contributed by atoms with Crippen molar-refractivity contribution in [3.05, 3.63) is 39.8 Å². The molecule has 1 heterocycles. The van der Waals surface area contributed by atoms with Crippen molar-refractivity contribution in [3.8, 4) is 0 Å². The molecular formula is C13H14Cl2N2O3. The Morgan fingerprint density at radius 1 is 1.40 bits per heavy atom. The van der Waals surface area contributed by atoms with Crippen molar-refractivity contribution in [2.75, 3.05) is 20.7 Å². The van der Waals surface area contributed by atoms with Crippen molar-refractivity contribution in [1.82, 2.24) is 9.88 Å². The molecule has 1 rings (SSSR count). The minimum atomic E-state index is -0.720. The van der Waals surface area contributed by atoms with E-state index >= 15 is 0 Å². The number of pyridine rings is 1. The second kappa shape index (κ2) is 7.26. The number of ether oxygens (including phenoxy) is 1. The zero-order valence-electron chi connectivity index (χ0n) is 11.3. The molecule has 0 radical (unpaired) electrons. The highest BCUT2D eigenvalue weighted by Crippen LogP contribution is 2.21. The minimum Gasteiger partial charge on any atom is -0.462 e. The summed E-state index contributed by atoms with van der Waals surface area (Å²) in [6, 6.07) is 1.36. The summed E-state index contributed by atoms with van der Waals surface area (Å²) in [5.41, 5.74) is -0.0804. The van der Waals surface area contributed by atoms with Crippen LogP contribution in [0.5, 0.6) is 0 Å². The van der Waals surface area contributed by atoms with E-state index in [9.17, 15) is 9.59 Å². The first-order valence-corrected chi connectivity index (χ1v) is 6.53. The lowest BCUT2D eigenvalue weighted by Gasteiger charge is -2.11. The van der Waals surface area contributed by atoms with Gasteiger partial charge in [-0.25, -0.2) is 9.78 Å². The van der Waals surface area contributed by atoms with Crippen LogP contribution in [0, 0.1) is 0 Å². The molecule has 1 aromatic heterocycles. The van der Waals surface area contributed by atoms with Gasteiger partial charge in [0.25, 0.3) is 0 Å². The molecule has 0 aromatic carbocycles. The van der Waals surface area contributed by atoms with E-state index in [0.717, 1.165) is 0 Å². The third-order valence-corrected chi connectivity index (χ3v) is 2.69. The molecule has 0 aliphatic rings. The molecule has 7 heteroatoms. The molecule has 0 fully saturated rings. The second-order valence-corrected chi connectivity index (χ2v) is 4.84. The van der Waals surface area contributed by atoms with Crippen LogP contribution in [-0.2, 0) is 9.53 Å². The van der Waals surface area contributed by atoms with Crippen LogP contribution in [0.4, 0.5) is 0 Å². The van der Waals surface area contributed by atoms with E-state index < -0.39 is 11.8 Å². The Morgan fingerprint density at radius 2 is 2.05 bits per heavy atom. The van der Waals surface area contributed by atoms with Crippen LogP contribution in [-0.4, -0.2) is 42.3 Å². The zero-order valence-corrected chi connectivity index (χ0v) is 12.8. The Morgan fingerprint density at radius 3 is 2.60 bits per heavy atom. The molecule has 1 aromatic rings. The summed E-state index contributed by atoms with van der Waals surface area (Å²) in [5, 5.41) is 0.235. The number of ketones is 1. The van der Waals surface area contributed by atoms with E-state index in [4.69, 9.17) is 27.9 Å². The molecule has 0 saturated heterocycles. The molecule has 0 atom stereocenters. The van der Waals surface area contributed by atoms with Gasteiger partial charge in [0.2, 0.25) is 5.78 Å². The lowest BCUT2D eigenvalue weighted by atomic mass is 10.1. The number of hydrogen-bond acceptors (Lipinski definition) is 5. The SMILES string of the molecule is CCOC(=O)/C(=C\N(C)C)C(=O)c1cc(Cl)cnc1Cl. The van der Waals surface area contributed by atoms with Gasteiger partial charge in [-0.05, 0) is 13.0 Å². The van der Waals surface area contributed by atoms with E-state index in [2.05, 4.69) is 4.98 Å². The summed E-state index contributed by atoms with van der Waals surface area (Å²) in [4.78, 5) is 29.6. The van der Waals surface area contributed by atoms with Gasteiger partial charge in [0.15, 0.2) is 0 Å². The highest BCUT2D eigenvalue weighted by Gasteiger charge is 2.24. The fraction of sp³-hybridized carbons (Fsp3) is 0.308. The van der Waals surface area contributed by atoms with Crippen molar-refractivity contribution >= 4 is 35.0 Å². The molecule has 0 spiro atoms. The van der Waals surface area contributed by atoms with Gasteiger partial charge in [-0.15, -0.1) is 0 Å². The van der Waals surface area contributed by atoms with Crippen molar-refractivity contribution in [2.45, 2.75) is 6.92 Å². The largest absolute Gasteiger partial charge is 0.462 e. The Bertz CT molecular complexity index is 557. The first-order valence-electron chi connectivity index (χ1n) is 5.78. The maximum Gasteiger partial charge on any atom is 0.343 e. The molecule has 20 heavy (non-hydrogen) atoms. The first-order chi connectivity index (χ1) is 9.36. The Kier molecular flexibility index (Phi) is 5.98. The van der Waals surface area contributed by atoms with Crippen LogP contribution in [0.25, 0.3) is 0 Å². The molecular weight excluding hydrogens is 303 g/mol.